The Morgan fingerprint density at radius 1 is 1.04 bits per heavy atom. The second-order valence-corrected chi connectivity index (χ2v) is 5.77. The fourth-order valence-corrected chi connectivity index (χ4v) is 2.45. The van der Waals surface area contributed by atoms with Crippen LogP contribution in [0.15, 0.2) is 42.5 Å². The van der Waals surface area contributed by atoms with Crippen molar-refractivity contribution < 1.29 is 19.4 Å². The molecule has 0 fully saturated rings. The molecule has 0 saturated heterocycles. The molecule has 2 aromatic carbocycles. The van der Waals surface area contributed by atoms with E-state index >= 15 is 0 Å². The highest BCUT2D eigenvalue weighted by Crippen LogP contribution is 2.22. The summed E-state index contributed by atoms with van der Waals surface area (Å²) in [6.07, 6.45) is -0.760. The van der Waals surface area contributed by atoms with Crippen LogP contribution in [0.2, 0.25) is 0 Å². The number of aliphatic carboxylic acids is 1. The second kappa shape index (κ2) is 7.64. The summed E-state index contributed by atoms with van der Waals surface area (Å²) in [6.45, 7) is 5.79. The summed E-state index contributed by atoms with van der Waals surface area (Å²) in [5.74, 6) is -1.13. The van der Waals surface area contributed by atoms with E-state index in [1.165, 1.54) is 0 Å². The minimum atomic E-state index is -1.15. The van der Waals surface area contributed by atoms with Crippen molar-refractivity contribution in [3.63, 3.8) is 0 Å². The molecule has 5 nitrogen and oxygen atoms in total. The van der Waals surface area contributed by atoms with Gasteiger partial charge in [-0.1, -0.05) is 42.5 Å². The van der Waals surface area contributed by atoms with E-state index in [1.807, 2.05) is 57.2 Å². The van der Waals surface area contributed by atoms with Crippen molar-refractivity contribution in [2.24, 2.45) is 0 Å². The summed E-state index contributed by atoms with van der Waals surface area (Å²) >= 11 is 0. The quantitative estimate of drug-likeness (QED) is 0.878. The number of rotatable bonds is 5. The standard InChI is InChI=1S/C19H21NO4/c1-12-9-14(3)16(10-13(12)2)17(18(21)22)20-19(23)24-11-15-7-5-4-6-8-15/h4-10,17H,11H2,1-3H3,(H,20,23)(H,21,22). The van der Waals surface area contributed by atoms with E-state index < -0.39 is 18.1 Å². The van der Waals surface area contributed by atoms with Gasteiger partial charge in [0.05, 0.1) is 0 Å². The molecule has 2 N–H and O–H groups in total. The molecule has 0 spiro atoms. The fraction of sp³-hybridized carbons (Fsp3) is 0.263. The van der Waals surface area contributed by atoms with E-state index in [0.29, 0.717) is 5.56 Å². The topological polar surface area (TPSA) is 75.6 Å². The Kier molecular flexibility index (Phi) is 5.58. The van der Waals surface area contributed by atoms with Gasteiger partial charge in [0, 0.05) is 0 Å². The van der Waals surface area contributed by atoms with Crippen LogP contribution in [-0.2, 0) is 16.1 Å². The van der Waals surface area contributed by atoms with Gasteiger partial charge in [-0.15, -0.1) is 0 Å². The zero-order valence-corrected chi connectivity index (χ0v) is 14.0. The average molecular weight is 327 g/mol. The van der Waals surface area contributed by atoms with E-state index in [2.05, 4.69) is 5.32 Å². The predicted molar refractivity (Wildman–Crippen MR) is 90.8 cm³/mol. The van der Waals surface area contributed by atoms with Crippen LogP contribution < -0.4 is 5.32 Å². The number of nitrogens with one attached hydrogen (secondary N) is 1. The summed E-state index contributed by atoms with van der Waals surface area (Å²) in [7, 11) is 0. The van der Waals surface area contributed by atoms with Crippen LogP contribution in [0.4, 0.5) is 4.79 Å². The Balaban J connectivity index is 2.10. The molecule has 126 valence electrons. The number of carbonyl (C=O) groups is 2. The number of hydrogen-bond donors (Lipinski definition) is 2. The maximum Gasteiger partial charge on any atom is 0.408 e. The van der Waals surface area contributed by atoms with Crippen LogP contribution in [0, 0.1) is 20.8 Å². The van der Waals surface area contributed by atoms with E-state index in [0.717, 1.165) is 22.3 Å². The monoisotopic (exact) mass is 327 g/mol. The highest BCUT2D eigenvalue weighted by atomic mass is 16.5. The summed E-state index contributed by atoms with van der Waals surface area (Å²) in [6, 6.07) is 11.8. The molecule has 2 rings (SSSR count). The van der Waals surface area contributed by atoms with Crippen LogP contribution >= 0.6 is 0 Å². The van der Waals surface area contributed by atoms with Crippen molar-refractivity contribution >= 4 is 12.1 Å². The van der Waals surface area contributed by atoms with Crippen LogP contribution in [-0.4, -0.2) is 17.2 Å². The van der Waals surface area contributed by atoms with Crippen molar-refractivity contribution in [1.29, 1.82) is 0 Å². The number of benzene rings is 2. The van der Waals surface area contributed by atoms with Crippen LogP contribution in [0.3, 0.4) is 0 Å². The first-order chi connectivity index (χ1) is 11.4. The van der Waals surface area contributed by atoms with Gasteiger partial charge in [-0.2, -0.15) is 0 Å². The van der Waals surface area contributed by atoms with Crippen molar-refractivity contribution in [3.05, 3.63) is 70.3 Å². The minimum absolute atomic E-state index is 0.0882. The Bertz CT molecular complexity index is 741. The average Bonchev–Trinajstić information content (AvgIpc) is 2.55. The van der Waals surface area contributed by atoms with Crippen LogP contribution in [0.5, 0.6) is 0 Å². The van der Waals surface area contributed by atoms with Crippen molar-refractivity contribution in [2.45, 2.75) is 33.4 Å². The van der Waals surface area contributed by atoms with Gasteiger partial charge in [-0.05, 0) is 48.6 Å². The lowest BCUT2D eigenvalue weighted by Gasteiger charge is -2.18. The van der Waals surface area contributed by atoms with Gasteiger partial charge in [-0.3, -0.25) is 0 Å². The van der Waals surface area contributed by atoms with Gasteiger partial charge in [0.1, 0.15) is 6.61 Å². The molecule has 1 atom stereocenters. The zero-order chi connectivity index (χ0) is 17.7. The molecule has 0 bridgehead atoms. The third kappa shape index (κ3) is 4.35. The Labute approximate surface area is 141 Å². The molecular weight excluding hydrogens is 306 g/mol. The molecule has 0 aliphatic carbocycles. The summed E-state index contributed by atoms with van der Waals surface area (Å²) in [5, 5.41) is 11.9. The lowest BCUT2D eigenvalue weighted by atomic mass is 9.96. The van der Waals surface area contributed by atoms with Crippen LogP contribution in [0.1, 0.15) is 33.9 Å². The Morgan fingerprint density at radius 3 is 2.29 bits per heavy atom. The Hall–Kier alpha value is -2.82. The van der Waals surface area contributed by atoms with E-state index in [-0.39, 0.29) is 6.61 Å². The molecule has 0 aromatic heterocycles. The fourth-order valence-electron chi connectivity index (χ4n) is 2.45. The molecule has 1 unspecified atom stereocenters. The molecule has 0 aliphatic rings. The predicted octanol–water partition coefficient (Wildman–Crippen LogP) is 3.66. The number of ether oxygens (including phenoxy) is 1. The van der Waals surface area contributed by atoms with Gasteiger partial charge < -0.3 is 15.2 Å². The molecule has 0 heterocycles. The summed E-state index contributed by atoms with van der Waals surface area (Å²) in [4.78, 5) is 23.6. The van der Waals surface area contributed by atoms with E-state index in [4.69, 9.17) is 4.74 Å². The Morgan fingerprint density at radius 2 is 1.67 bits per heavy atom. The third-order valence-corrected chi connectivity index (χ3v) is 3.92. The maximum absolute atomic E-state index is 12.0. The maximum atomic E-state index is 12.0. The summed E-state index contributed by atoms with van der Waals surface area (Å²) < 4.78 is 5.11. The molecule has 2 aromatic rings. The number of amides is 1. The van der Waals surface area contributed by atoms with Crippen molar-refractivity contribution in [2.75, 3.05) is 0 Å². The first-order valence-corrected chi connectivity index (χ1v) is 7.66. The lowest BCUT2D eigenvalue weighted by Crippen LogP contribution is -2.34. The molecule has 24 heavy (non-hydrogen) atoms. The van der Waals surface area contributed by atoms with Gasteiger partial charge in [0.2, 0.25) is 0 Å². The highest BCUT2D eigenvalue weighted by molar-refractivity contribution is 5.82. The number of carbonyl (C=O) groups excluding carboxylic acids is 1. The number of carboxylic acid groups (broad SMARTS) is 1. The molecule has 0 aliphatic heterocycles. The molecule has 5 heteroatoms. The van der Waals surface area contributed by atoms with Gasteiger partial charge in [-0.25, -0.2) is 9.59 Å². The van der Waals surface area contributed by atoms with Gasteiger partial charge in [0.25, 0.3) is 0 Å². The van der Waals surface area contributed by atoms with E-state index in [9.17, 15) is 14.7 Å². The SMILES string of the molecule is Cc1cc(C)c(C(NC(=O)OCc2ccccc2)C(=O)O)cc1C. The highest BCUT2D eigenvalue weighted by Gasteiger charge is 2.25. The van der Waals surface area contributed by atoms with Crippen molar-refractivity contribution in [1.82, 2.24) is 5.32 Å². The minimum Gasteiger partial charge on any atom is -0.479 e. The molecule has 0 radical (unpaired) electrons. The third-order valence-electron chi connectivity index (χ3n) is 3.92. The largest absolute Gasteiger partial charge is 0.479 e. The smallest absolute Gasteiger partial charge is 0.408 e. The van der Waals surface area contributed by atoms with E-state index in [1.54, 1.807) is 6.07 Å². The van der Waals surface area contributed by atoms with Crippen molar-refractivity contribution in [3.8, 4) is 0 Å². The zero-order valence-electron chi connectivity index (χ0n) is 14.0. The van der Waals surface area contributed by atoms with Gasteiger partial charge in [0.15, 0.2) is 6.04 Å². The second-order valence-electron chi connectivity index (χ2n) is 5.77. The number of aryl methyl sites for hydroxylation is 3. The number of carboxylic acids is 1. The first-order valence-electron chi connectivity index (χ1n) is 7.66. The summed E-state index contributed by atoms with van der Waals surface area (Å²) in [5.41, 5.74) is 4.26. The lowest BCUT2D eigenvalue weighted by molar-refractivity contribution is -0.139. The normalized spacial score (nSPS) is 11.6. The molecule has 1 amide bonds. The van der Waals surface area contributed by atoms with Gasteiger partial charge >= 0.3 is 12.1 Å². The number of alkyl carbamates (subject to hydrolysis) is 1. The molecule has 0 saturated carbocycles. The van der Waals surface area contributed by atoms with Crippen LogP contribution in [0.25, 0.3) is 0 Å². The number of hydrogen-bond acceptors (Lipinski definition) is 3. The first kappa shape index (κ1) is 17.5. The molecular formula is C19H21NO4.